The summed E-state index contributed by atoms with van der Waals surface area (Å²) in [5.74, 6) is 0.498. The van der Waals surface area contributed by atoms with Gasteiger partial charge < -0.3 is 10.6 Å². The largest absolute Gasteiger partial charge is 0.348 e. The molecule has 4 rings (SSSR count). The van der Waals surface area contributed by atoms with Crippen molar-refractivity contribution >= 4 is 39.8 Å². The first-order valence-electron chi connectivity index (χ1n) is 8.78. The van der Waals surface area contributed by atoms with Crippen LogP contribution < -0.4 is 10.6 Å². The standard InChI is InChI=1S/C22H17ClN4O/c23-16-4-3-5-17(12-16)27-21-19-7-2-1-6-18(19)20(14-25-21)22(28)26-13-15-8-10-24-11-9-15/h1-12,14H,13H2,(H,25,27)(H,26,28). The zero-order chi connectivity index (χ0) is 19.3. The molecule has 6 heteroatoms. The van der Waals surface area contributed by atoms with E-state index in [1.807, 2.05) is 60.7 Å². The molecule has 0 spiro atoms. The van der Waals surface area contributed by atoms with Crippen LogP contribution in [-0.4, -0.2) is 15.9 Å². The Balaban J connectivity index is 1.62. The molecule has 0 saturated carbocycles. The Morgan fingerprint density at radius 3 is 2.54 bits per heavy atom. The van der Waals surface area contributed by atoms with Crippen LogP contribution in [0, 0.1) is 0 Å². The fraction of sp³-hybridized carbons (Fsp3) is 0.0455. The average Bonchev–Trinajstić information content (AvgIpc) is 2.73. The summed E-state index contributed by atoms with van der Waals surface area (Å²) >= 11 is 6.06. The predicted octanol–water partition coefficient (Wildman–Crippen LogP) is 4.96. The molecule has 0 aliphatic heterocycles. The van der Waals surface area contributed by atoms with E-state index in [9.17, 15) is 4.79 Å². The minimum atomic E-state index is -0.171. The third kappa shape index (κ3) is 3.94. The lowest BCUT2D eigenvalue weighted by Gasteiger charge is -2.12. The van der Waals surface area contributed by atoms with Gasteiger partial charge in [0.25, 0.3) is 5.91 Å². The number of hydrogen-bond donors (Lipinski definition) is 2. The van der Waals surface area contributed by atoms with E-state index < -0.39 is 0 Å². The van der Waals surface area contributed by atoms with Crippen molar-refractivity contribution < 1.29 is 4.79 Å². The number of carbonyl (C=O) groups excluding carboxylic acids is 1. The smallest absolute Gasteiger partial charge is 0.253 e. The van der Waals surface area contributed by atoms with Gasteiger partial charge in [-0.25, -0.2) is 4.98 Å². The molecule has 0 unspecified atom stereocenters. The molecule has 0 radical (unpaired) electrons. The van der Waals surface area contributed by atoms with Crippen LogP contribution in [0.5, 0.6) is 0 Å². The predicted molar refractivity (Wildman–Crippen MR) is 112 cm³/mol. The molecule has 0 atom stereocenters. The lowest BCUT2D eigenvalue weighted by molar-refractivity contribution is 0.0952. The molecule has 0 bridgehead atoms. The zero-order valence-electron chi connectivity index (χ0n) is 14.9. The van der Waals surface area contributed by atoms with Crippen molar-refractivity contribution in [1.29, 1.82) is 0 Å². The number of benzene rings is 2. The number of aromatic nitrogens is 2. The van der Waals surface area contributed by atoms with Crippen molar-refractivity contribution in [1.82, 2.24) is 15.3 Å². The highest BCUT2D eigenvalue weighted by Crippen LogP contribution is 2.27. The quantitative estimate of drug-likeness (QED) is 0.507. The van der Waals surface area contributed by atoms with Gasteiger partial charge in [-0.05, 0) is 41.3 Å². The summed E-state index contributed by atoms with van der Waals surface area (Å²) in [6.07, 6.45) is 5.00. The number of nitrogens with one attached hydrogen (secondary N) is 2. The van der Waals surface area contributed by atoms with Gasteiger partial charge in [0.15, 0.2) is 0 Å². The molecule has 0 aliphatic rings. The van der Waals surface area contributed by atoms with Gasteiger partial charge in [0.2, 0.25) is 0 Å². The number of halogens is 1. The Hall–Kier alpha value is -3.44. The lowest BCUT2D eigenvalue weighted by Crippen LogP contribution is -2.23. The van der Waals surface area contributed by atoms with Crippen molar-refractivity contribution in [2.75, 3.05) is 5.32 Å². The van der Waals surface area contributed by atoms with Crippen LogP contribution in [0.3, 0.4) is 0 Å². The third-order valence-electron chi connectivity index (χ3n) is 4.33. The van der Waals surface area contributed by atoms with Gasteiger partial charge in [-0.15, -0.1) is 0 Å². The van der Waals surface area contributed by atoms with Crippen LogP contribution >= 0.6 is 11.6 Å². The maximum absolute atomic E-state index is 12.7. The Morgan fingerprint density at radius 1 is 0.964 bits per heavy atom. The van der Waals surface area contributed by atoms with E-state index in [1.165, 1.54) is 0 Å². The average molecular weight is 389 g/mol. The Kier molecular flexibility index (Phi) is 5.17. The SMILES string of the molecule is O=C(NCc1ccncc1)c1cnc(Nc2cccc(Cl)c2)c2ccccc12. The summed E-state index contributed by atoms with van der Waals surface area (Å²) in [5.41, 5.74) is 2.35. The number of amides is 1. The molecular formula is C22H17ClN4O. The first-order chi connectivity index (χ1) is 13.7. The molecule has 5 nitrogen and oxygen atoms in total. The van der Waals surface area contributed by atoms with Crippen LogP contribution in [0.2, 0.25) is 5.02 Å². The summed E-state index contributed by atoms with van der Waals surface area (Å²) in [6, 6.07) is 18.9. The number of rotatable bonds is 5. The monoisotopic (exact) mass is 388 g/mol. The molecule has 2 heterocycles. The first kappa shape index (κ1) is 17.9. The molecule has 138 valence electrons. The molecule has 2 aromatic heterocycles. The van der Waals surface area contributed by atoms with E-state index in [-0.39, 0.29) is 5.91 Å². The van der Waals surface area contributed by atoms with E-state index in [0.29, 0.717) is 22.9 Å². The van der Waals surface area contributed by atoms with Crippen molar-refractivity contribution in [3.8, 4) is 0 Å². The maximum atomic E-state index is 12.7. The minimum Gasteiger partial charge on any atom is -0.348 e. The summed E-state index contributed by atoms with van der Waals surface area (Å²) in [6.45, 7) is 0.429. The molecule has 1 amide bonds. The van der Waals surface area contributed by atoms with Crippen LogP contribution in [0.1, 0.15) is 15.9 Å². The van der Waals surface area contributed by atoms with Gasteiger partial charge in [-0.2, -0.15) is 0 Å². The van der Waals surface area contributed by atoms with Crippen molar-refractivity contribution in [3.05, 3.63) is 95.4 Å². The van der Waals surface area contributed by atoms with Gasteiger partial charge in [0, 0.05) is 41.2 Å². The van der Waals surface area contributed by atoms with Crippen LogP contribution in [0.15, 0.2) is 79.3 Å². The zero-order valence-corrected chi connectivity index (χ0v) is 15.6. The van der Waals surface area contributed by atoms with Crippen LogP contribution in [0.4, 0.5) is 11.5 Å². The van der Waals surface area contributed by atoms with Crippen LogP contribution in [-0.2, 0) is 6.54 Å². The Labute approximate surface area is 167 Å². The molecular weight excluding hydrogens is 372 g/mol. The summed E-state index contributed by atoms with van der Waals surface area (Å²) < 4.78 is 0. The molecule has 0 saturated heterocycles. The van der Waals surface area contributed by atoms with Crippen LogP contribution in [0.25, 0.3) is 10.8 Å². The highest BCUT2D eigenvalue weighted by atomic mass is 35.5. The topological polar surface area (TPSA) is 66.9 Å². The minimum absolute atomic E-state index is 0.171. The number of carbonyl (C=O) groups is 1. The normalized spacial score (nSPS) is 10.6. The van der Waals surface area contributed by atoms with Crippen molar-refractivity contribution in [2.24, 2.45) is 0 Å². The second-order valence-corrected chi connectivity index (χ2v) is 6.68. The fourth-order valence-electron chi connectivity index (χ4n) is 2.95. The molecule has 2 N–H and O–H groups in total. The first-order valence-corrected chi connectivity index (χ1v) is 9.16. The van der Waals surface area contributed by atoms with E-state index in [0.717, 1.165) is 22.0 Å². The number of nitrogens with zero attached hydrogens (tertiary/aromatic N) is 2. The fourth-order valence-corrected chi connectivity index (χ4v) is 3.14. The van der Waals surface area contributed by atoms with Gasteiger partial charge in [-0.3, -0.25) is 9.78 Å². The van der Waals surface area contributed by atoms with Crippen molar-refractivity contribution in [2.45, 2.75) is 6.54 Å². The van der Waals surface area contributed by atoms with E-state index in [4.69, 9.17) is 11.6 Å². The van der Waals surface area contributed by atoms with E-state index in [2.05, 4.69) is 20.6 Å². The van der Waals surface area contributed by atoms with Gasteiger partial charge >= 0.3 is 0 Å². The third-order valence-corrected chi connectivity index (χ3v) is 4.56. The van der Waals surface area contributed by atoms with Gasteiger partial charge in [-0.1, -0.05) is 41.9 Å². The number of pyridine rings is 2. The Morgan fingerprint density at radius 2 is 1.75 bits per heavy atom. The number of hydrogen-bond acceptors (Lipinski definition) is 4. The highest BCUT2D eigenvalue weighted by Gasteiger charge is 2.13. The summed E-state index contributed by atoms with van der Waals surface area (Å²) in [5, 5.41) is 8.55. The number of anilines is 2. The molecule has 2 aromatic carbocycles. The van der Waals surface area contributed by atoms with Crippen molar-refractivity contribution in [3.63, 3.8) is 0 Å². The lowest BCUT2D eigenvalue weighted by atomic mass is 10.1. The molecule has 0 aliphatic carbocycles. The summed E-state index contributed by atoms with van der Waals surface area (Å²) in [7, 11) is 0. The molecule has 4 aromatic rings. The molecule has 0 fully saturated rings. The van der Waals surface area contributed by atoms with Gasteiger partial charge in [0.1, 0.15) is 5.82 Å². The highest BCUT2D eigenvalue weighted by molar-refractivity contribution is 6.30. The maximum Gasteiger partial charge on any atom is 0.253 e. The Bertz CT molecular complexity index is 1130. The van der Waals surface area contributed by atoms with E-state index >= 15 is 0 Å². The number of fused-ring (bicyclic) bond motifs is 1. The summed E-state index contributed by atoms with van der Waals surface area (Å²) in [4.78, 5) is 21.2. The van der Waals surface area contributed by atoms with Gasteiger partial charge in [0.05, 0.1) is 5.56 Å². The molecule has 28 heavy (non-hydrogen) atoms. The van der Waals surface area contributed by atoms with E-state index in [1.54, 1.807) is 18.6 Å². The second-order valence-electron chi connectivity index (χ2n) is 6.24. The second kappa shape index (κ2) is 8.06.